The minimum absolute atomic E-state index is 0.341. The van der Waals surface area contributed by atoms with Crippen LogP contribution in [-0.2, 0) is 24.9 Å². The van der Waals surface area contributed by atoms with Crippen LogP contribution in [0, 0.1) is 11.8 Å². The Hall–Kier alpha value is -2.93. The number of aliphatic imine (C=N–C) groups is 1. The first-order valence-electron chi connectivity index (χ1n) is 8.87. The third-order valence-electron chi connectivity index (χ3n) is 4.91. The van der Waals surface area contributed by atoms with Crippen LogP contribution >= 0.6 is 11.8 Å². The summed E-state index contributed by atoms with van der Waals surface area (Å²) in [6.45, 7) is 0. The van der Waals surface area contributed by atoms with Gasteiger partial charge in [-0.15, -0.1) is 11.8 Å². The molecular weight excluding hydrogens is 376 g/mol. The van der Waals surface area contributed by atoms with Crippen molar-refractivity contribution in [3.8, 4) is 0 Å². The SMILES string of the molecule is COC(=O)[C@@H]1N=C(SCc2ccccc2)[C@H]2C(=O)N(c3ccccc3)C(=O)[C@H]21. The van der Waals surface area contributed by atoms with Gasteiger partial charge in [0.05, 0.1) is 23.8 Å². The van der Waals surface area contributed by atoms with Gasteiger partial charge in [-0.25, -0.2) is 9.69 Å². The van der Waals surface area contributed by atoms with Gasteiger partial charge in [-0.1, -0.05) is 48.5 Å². The first-order valence-corrected chi connectivity index (χ1v) is 9.85. The second-order valence-corrected chi connectivity index (χ2v) is 7.56. The van der Waals surface area contributed by atoms with E-state index in [2.05, 4.69) is 4.99 Å². The Labute approximate surface area is 166 Å². The van der Waals surface area contributed by atoms with Crippen LogP contribution in [-0.4, -0.2) is 36.0 Å². The van der Waals surface area contributed by atoms with Crippen molar-refractivity contribution in [2.75, 3.05) is 12.0 Å². The molecule has 28 heavy (non-hydrogen) atoms. The third-order valence-corrected chi connectivity index (χ3v) is 6.04. The molecule has 0 aliphatic carbocycles. The molecule has 2 heterocycles. The van der Waals surface area contributed by atoms with E-state index in [1.807, 2.05) is 36.4 Å². The van der Waals surface area contributed by atoms with Gasteiger partial charge in [0.2, 0.25) is 11.8 Å². The van der Waals surface area contributed by atoms with Gasteiger partial charge in [0, 0.05) is 5.75 Å². The highest BCUT2D eigenvalue weighted by Crippen LogP contribution is 2.42. The molecule has 2 aliphatic rings. The number of hydrogen-bond donors (Lipinski definition) is 0. The number of amides is 2. The normalized spacial score (nSPS) is 23.5. The van der Waals surface area contributed by atoms with Crippen LogP contribution in [0.5, 0.6) is 0 Å². The number of esters is 1. The van der Waals surface area contributed by atoms with E-state index < -0.39 is 29.8 Å². The summed E-state index contributed by atoms with van der Waals surface area (Å²) in [4.78, 5) is 44.0. The van der Waals surface area contributed by atoms with Crippen molar-refractivity contribution in [1.29, 1.82) is 0 Å². The van der Waals surface area contributed by atoms with Crippen molar-refractivity contribution in [1.82, 2.24) is 0 Å². The van der Waals surface area contributed by atoms with Gasteiger partial charge in [-0.2, -0.15) is 0 Å². The van der Waals surface area contributed by atoms with Gasteiger partial charge in [-0.05, 0) is 17.7 Å². The maximum Gasteiger partial charge on any atom is 0.331 e. The van der Waals surface area contributed by atoms with Gasteiger partial charge >= 0.3 is 5.97 Å². The van der Waals surface area contributed by atoms with Crippen LogP contribution < -0.4 is 4.90 Å². The fourth-order valence-corrected chi connectivity index (χ4v) is 4.70. The zero-order chi connectivity index (χ0) is 19.7. The number of ether oxygens (including phenoxy) is 1. The predicted octanol–water partition coefficient (Wildman–Crippen LogP) is 2.68. The standard InChI is InChI=1S/C21H18N2O4S/c1-27-21(26)17-15-16(18(22-17)28-12-13-8-4-2-5-9-13)20(25)23(19(15)24)14-10-6-3-7-11-14/h2-11,15-17H,12H2,1H3/t15-,16+,17-/m1/s1. The number of fused-ring (bicyclic) bond motifs is 1. The van der Waals surface area contributed by atoms with E-state index in [-0.39, 0.29) is 5.91 Å². The summed E-state index contributed by atoms with van der Waals surface area (Å²) in [5, 5.41) is 0.515. The zero-order valence-electron chi connectivity index (χ0n) is 15.1. The van der Waals surface area contributed by atoms with E-state index in [0.717, 1.165) is 5.56 Å². The first-order chi connectivity index (χ1) is 13.6. The van der Waals surface area contributed by atoms with Crippen molar-refractivity contribution in [2.45, 2.75) is 11.8 Å². The Kier molecular flexibility index (Phi) is 5.00. The van der Waals surface area contributed by atoms with Crippen molar-refractivity contribution >= 4 is 40.3 Å². The number of nitrogens with zero attached hydrogens (tertiary/aromatic N) is 2. The van der Waals surface area contributed by atoms with E-state index >= 15 is 0 Å². The molecular formula is C21H18N2O4S. The quantitative estimate of drug-likeness (QED) is 0.589. The molecule has 0 radical (unpaired) electrons. The lowest BCUT2D eigenvalue weighted by molar-refractivity contribution is -0.145. The Morgan fingerprint density at radius 2 is 1.68 bits per heavy atom. The summed E-state index contributed by atoms with van der Waals surface area (Å²) in [5.74, 6) is -2.34. The van der Waals surface area contributed by atoms with Gasteiger partial charge in [0.25, 0.3) is 0 Å². The maximum atomic E-state index is 13.1. The fourth-order valence-electron chi connectivity index (χ4n) is 3.58. The molecule has 2 aliphatic heterocycles. The van der Waals surface area contributed by atoms with Crippen LogP contribution in [0.1, 0.15) is 5.56 Å². The molecule has 0 spiro atoms. The highest BCUT2D eigenvalue weighted by Gasteiger charge is 2.59. The molecule has 6 nitrogen and oxygen atoms in total. The van der Waals surface area contributed by atoms with Gasteiger partial charge in [-0.3, -0.25) is 14.6 Å². The highest BCUT2D eigenvalue weighted by atomic mass is 32.2. The highest BCUT2D eigenvalue weighted by molar-refractivity contribution is 8.13. The maximum absolute atomic E-state index is 13.1. The smallest absolute Gasteiger partial charge is 0.331 e. The molecule has 4 rings (SSSR count). The lowest BCUT2D eigenvalue weighted by Gasteiger charge is -2.17. The number of carbonyl (C=O) groups excluding carboxylic acids is 3. The Bertz CT molecular complexity index is 945. The molecule has 1 fully saturated rings. The Morgan fingerprint density at radius 1 is 1.04 bits per heavy atom. The molecule has 1 saturated heterocycles. The minimum atomic E-state index is -0.988. The topological polar surface area (TPSA) is 76.0 Å². The number of hydrogen-bond acceptors (Lipinski definition) is 6. The van der Waals surface area contributed by atoms with Gasteiger partial charge in [0.15, 0.2) is 6.04 Å². The number of rotatable bonds is 4. The van der Waals surface area contributed by atoms with E-state index in [0.29, 0.717) is 16.5 Å². The summed E-state index contributed by atoms with van der Waals surface area (Å²) in [7, 11) is 1.26. The van der Waals surface area contributed by atoms with Crippen LogP contribution in [0.4, 0.5) is 5.69 Å². The van der Waals surface area contributed by atoms with Crippen molar-refractivity contribution in [3.63, 3.8) is 0 Å². The summed E-state index contributed by atoms with van der Waals surface area (Å²) >= 11 is 1.39. The Morgan fingerprint density at radius 3 is 2.32 bits per heavy atom. The number of methoxy groups -OCH3 is 1. The number of para-hydroxylation sites is 1. The van der Waals surface area contributed by atoms with Crippen molar-refractivity contribution in [3.05, 3.63) is 66.2 Å². The second-order valence-electron chi connectivity index (χ2n) is 6.56. The van der Waals surface area contributed by atoms with Crippen molar-refractivity contribution < 1.29 is 19.1 Å². The molecule has 0 N–H and O–H groups in total. The summed E-state index contributed by atoms with van der Waals surface area (Å²) in [6.07, 6.45) is 0. The summed E-state index contributed by atoms with van der Waals surface area (Å²) < 4.78 is 4.84. The van der Waals surface area contributed by atoms with Gasteiger partial charge < -0.3 is 4.74 Å². The fraction of sp³-hybridized carbons (Fsp3) is 0.238. The molecule has 0 bridgehead atoms. The lowest BCUT2D eigenvalue weighted by atomic mass is 9.92. The molecule has 0 aromatic heterocycles. The average molecular weight is 394 g/mol. The number of anilines is 1. The second kappa shape index (κ2) is 7.59. The molecule has 2 amide bonds. The average Bonchev–Trinajstić information content (AvgIpc) is 3.24. The summed E-state index contributed by atoms with van der Waals surface area (Å²) in [6, 6.07) is 17.5. The van der Waals surface area contributed by atoms with Crippen LogP contribution in [0.25, 0.3) is 0 Å². The van der Waals surface area contributed by atoms with Gasteiger partial charge in [0.1, 0.15) is 5.92 Å². The number of imide groups is 1. The van der Waals surface area contributed by atoms with Crippen LogP contribution in [0.2, 0.25) is 0 Å². The van der Waals surface area contributed by atoms with E-state index in [4.69, 9.17) is 4.74 Å². The lowest BCUT2D eigenvalue weighted by Crippen LogP contribution is -2.36. The first kappa shape index (κ1) is 18.4. The van der Waals surface area contributed by atoms with E-state index in [1.165, 1.54) is 23.8 Å². The third kappa shape index (κ3) is 3.11. The molecule has 3 atom stereocenters. The van der Waals surface area contributed by atoms with Crippen molar-refractivity contribution in [2.24, 2.45) is 16.8 Å². The summed E-state index contributed by atoms with van der Waals surface area (Å²) in [5.41, 5.74) is 1.58. The monoisotopic (exact) mass is 394 g/mol. The molecule has 2 aromatic carbocycles. The number of carbonyl (C=O) groups is 3. The molecule has 2 aromatic rings. The van der Waals surface area contributed by atoms with Crippen LogP contribution in [0.3, 0.4) is 0 Å². The predicted molar refractivity (Wildman–Crippen MR) is 107 cm³/mol. The minimum Gasteiger partial charge on any atom is -0.467 e. The molecule has 142 valence electrons. The molecule has 7 heteroatoms. The zero-order valence-corrected chi connectivity index (χ0v) is 16.0. The molecule has 0 saturated carbocycles. The number of benzene rings is 2. The van der Waals surface area contributed by atoms with E-state index in [9.17, 15) is 14.4 Å². The molecule has 0 unspecified atom stereocenters. The van der Waals surface area contributed by atoms with E-state index in [1.54, 1.807) is 24.3 Å². The number of thioether (sulfide) groups is 1. The van der Waals surface area contributed by atoms with Crippen LogP contribution in [0.15, 0.2) is 65.7 Å². The largest absolute Gasteiger partial charge is 0.467 e. The Balaban J connectivity index is 1.65.